The van der Waals surface area contributed by atoms with Gasteiger partial charge in [0.1, 0.15) is 11.6 Å². The van der Waals surface area contributed by atoms with Crippen LogP contribution in [0.3, 0.4) is 0 Å². The summed E-state index contributed by atoms with van der Waals surface area (Å²) in [6.45, 7) is 3.99. The number of hydrogen-bond acceptors (Lipinski definition) is 4. The van der Waals surface area contributed by atoms with Crippen molar-refractivity contribution in [3.63, 3.8) is 0 Å². The molecule has 19 heavy (non-hydrogen) atoms. The van der Waals surface area contributed by atoms with E-state index in [4.69, 9.17) is 0 Å². The van der Waals surface area contributed by atoms with E-state index < -0.39 is 0 Å². The van der Waals surface area contributed by atoms with Crippen LogP contribution < -0.4 is 5.32 Å². The molecule has 3 nitrogen and oxygen atoms in total. The molecule has 0 saturated heterocycles. The van der Waals surface area contributed by atoms with Crippen molar-refractivity contribution in [3.05, 3.63) is 41.0 Å². The number of rotatable bonds is 2. The lowest BCUT2D eigenvalue weighted by Crippen LogP contribution is -2.02. The van der Waals surface area contributed by atoms with Crippen LogP contribution in [0, 0.1) is 13.8 Å². The molecule has 2 heterocycles. The molecule has 0 unspecified atom stereocenters. The molecule has 0 saturated carbocycles. The average Bonchev–Trinajstić information content (AvgIpc) is 2.89. The Morgan fingerprint density at radius 2 is 1.95 bits per heavy atom. The summed E-state index contributed by atoms with van der Waals surface area (Å²) < 4.78 is 1.28. The van der Waals surface area contributed by atoms with Gasteiger partial charge in [-0.15, -0.1) is 11.3 Å². The van der Waals surface area contributed by atoms with Gasteiger partial charge in [-0.3, -0.25) is 0 Å². The molecule has 0 aliphatic heterocycles. The predicted octanol–water partition coefficient (Wildman–Crippen LogP) is 4.02. The zero-order valence-electron chi connectivity index (χ0n) is 11.2. The smallest absolute Gasteiger partial charge is 0.132 e. The van der Waals surface area contributed by atoms with E-state index in [1.807, 2.05) is 14.0 Å². The molecule has 0 bridgehead atoms. The van der Waals surface area contributed by atoms with Crippen LogP contribution in [-0.4, -0.2) is 17.0 Å². The third kappa shape index (κ3) is 1.98. The van der Waals surface area contributed by atoms with E-state index >= 15 is 0 Å². The fourth-order valence-electron chi connectivity index (χ4n) is 2.31. The lowest BCUT2D eigenvalue weighted by atomic mass is 10.1. The molecule has 0 fully saturated rings. The SMILES string of the molecule is CNc1nc(C)nc(-c2cccc3ccsc23)c1C. The van der Waals surface area contributed by atoms with Gasteiger partial charge in [-0.25, -0.2) is 9.97 Å². The summed E-state index contributed by atoms with van der Waals surface area (Å²) in [6.07, 6.45) is 0. The molecule has 3 aromatic rings. The Morgan fingerprint density at radius 3 is 2.74 bits per heavy atom. The van der Waals surface area contributed by atoms with Gasteiger partial charge in [0.15, 0.2) is 0 Å². The summed E-state index contributed by atoms with van der Waals surface area (Å²) in [6, 6.07) is 8.50. The number of fused-ring (bicyclic) bond motifs is 1. The van der Waals surface area contributed by atoms with Crippen molar-refractivity contribution >= 4 is 27.2 Å². The highest BCUT2D eigenvalue weighted by atomic mass is 32.1. The molecule has 96 valence electrons. The maximum absolute atomic E-state index is 4.64. The number of nitrogens with one attached hydrogen (secondary N) is 1. The minimum absolute atomic E-state index is 0.790. The monoisotopic (exact) mass is 269 g/mol. The Labute approximate surface area is 116 Å². The van der Waals surface area contributed by atoms with Gasteiger partial charge in [-0.2, -0.15) is 0 Å². The molecule has 0 aliphatic carbocycles. The molecule has 0 spiro atoms. The van der Waals surface area contributed by atoms with Crippen LogP contribution in [0.5, 0.6) is 0 Å². The van der Waals surface area contributed by atoms with Crippen LogP contribution in [0.15, 0.2) is 29.6 Å². The molecule has 4 heteroatoms. The molecule has 0 atom stereocenters. The van der Waals surface area contributed by atoms with Crippen molar-refractivity contribution < 1.29 is 0 Å². The van der Waals surface area contributed by atoms with Crippen molar-refractivity contribution in [2.24, 2.45) is 0 Å². The maximum Gasteiger partial charge on any atom is 0.132 e. The number of thiophene rings is 1. The van der Waals surface area contributed by atoms with E-state index in [2.05, 4.69) is 51.9 Å². The number of aromatic nitrogens is 2. The lowest BCUT2D eigenvalue weighted by Gasteiger charge is -2.11. The number of anilines is 1. The van der Waals surface area contributed by atoms with Gasteiger partial charge >= 0.3 is 0 Å². The number of hydrogen-bond donors (Lipinski definition) is 1. The van der Waals surface area contributed by atoms with Crippen LogP contribution in [0.25, 0.3) is 21.3 Å². The van der Waals surface area contributed by atoms with Crippen LogP contribution in [0.1, 0.15) is 11.4 Å². The van der Waals surface area contributed by atoms with Gasteiger partial charge in [-0.05, 0) is 30.7 Å². The minimum atomic E-state index is 0.790. The van der Waals surface area contributed by atoms with Gasteiger partial charge in [0.2, 0.25) is 0 Å². The second-order valence-corrected chi connectivity index (χ2v) is 5.40. The van der Waals surface area contributed by atoms with E-state index in [0.29, 0.717) is 0 Å². The molecule has 0 aliphatic rings. The minimum Gasteiger partial charge on any atom is -0.373 e. The summed E-state index contributed by atoms with van der Waals surface area (Å²) in [7, 11) is 1.89. The molecule has 0 radical (unpaired) electrons. The Morgan fingerprint density at radius 1 is 1.11 bits per heavy atom. The Hall–Kier alpha value is -1.94. The highest BCUT2D eigenvalue weighted by molar-refractivity contribution is 7.17. The van der Waals surface area contributed by atoms with Gasteiger partial charge in [-0.1, -0.05) is 18.2 Å². The Kier molecular flexibility index (Phi) is 2.95. The second kappa shape index (κ2) is 4.63. The van der Waals surface area contributed by atoms with Crippen molar-refractivity contribution in [2.75, 3.05) is 12.4 Å². The van der Waals surface area contributed by atoms with Gasteiger partial charge in [0.25, 0.3) is 0 Å². The first kappa shape index (κ1) is 12.1. The first-order valence-corrected chi connectivity index (χ1v) is 7.08. The third-order valence-electron chi connectivity index (χ3n) is 3.23. The summed E-state index contributed by atoms with van der Waals surface area (Å²) in [5.41, 5.74) is 3.30. The predicted molar refractivity (Wildman–Crippen MR) is 81.9 cm³/mol. The highest BCUT2D eigenvalue weighted by Crippen LogP contribution is 2.34. The molecule has 1 aromatic carbocycles. The average molecular weight is 269 g/mol. The molecule has 1 N–H and O–H groups in total. The lowest BCUT2D eigenvalue weighted by molar-refractivity contribution is 1.04. The molecule has 2 aromatic heterocycles. The first-order chi connectivity index (χ1) is 9.20. The topological polar surface area (TPSA) is 37.8 Å². The number of nitrogens with zero attached hydrogens (tertiary/aromatic N) is 2. The zero-order valence-corrected chi connectivity index (χ0v) is 12.0. The molecular formula is C15H15N3S. The van der Waals surface area contributed by atoms with E-state index in [1.165, 1.54) is 15.6 Å². The normalized spacial score (nSPS) is 10.9. The highest BCUT2D eigenvalue weighted by Gasteiger charge is 2.13. The molecule has 0 amide bonds. The largest absolute Gasteiger partial charge is 0.373 e. The van der Waals surface area contributed by atoms with E-state index in [9.17, 15) is 0 Å². The summed E-state index contributed by atoms with van der Waals surface area (Å²) in [4.78, 5) is 9.06. The van der Waals surface area contributed by atoms with Crippen LogP contribution in [-0.2, 0) is 0 Å². The van der Waals surface area contributed by atoms with Crippen molar-refractivity contribution in [1.29, 1.82) is 0 Å². The van der Waals surface area contributed by atoms with Gasteiger partial charge in [0, 0.05) is 22.9 Å². The number of benzene rings is 1. The fourth-order valence-corrected chi connectivity index (χ4v) is 3.23. The van der Waals surface area contributed by atoms with Crippen LogP contribution >= 0.6 is 11.3 Å². The maximum atomic E-state index is 4.64. The van der Waals surface area contributed by atoms with Crippen molar-refractivity contribution in [1.82, 2.24) is 9.97 Å². The summed E-state index contributed by atoms with van der Waals surface area (Å²) in [5, 5.41) is 6.53. The number of aryl methyl sites for hydroxylation is 1. The van der Waals surface area contributed by atoms with E-state index in [1.54, 1.807) is 11.3 Å². The third-order valence-corrected chi connectivity index (χ3v) is 4.19. The standard InChI is InChI=1S/C15H15N3S/c1-9-13(17-10(2)18-15(9)16-3)12-6-4-5-11-7-8-19-14(11)12/h4-8H,1-3H3,(H,16,17,18). The first-order valence-electron chi connectivity index (χ1n) is 6.20. The van der Waals surface area contributed by atoms with E-state index in [-0.39, 0.29) is 0 Å². The summed E-state index contributed by atoms with van der Waals surface area (Å²) >= 11 is 1.76. The van der Waals surface area contributed by atoms with Gasteiger partial charge in [0.05, 0.1) is 5.69 Å². The Bertz CT molecular complexity index is 746. The van der Waals surface area contributed by atoms with E-state index in [0.717, 1.165) is 22.9 Å². The van der Waals surface area contributed by atoms with Crippen LogP contribution in [0.2, 0.25) is 0 Å². The Balaban J connectivity index is 2.32. The second-order valence-electron chi connectivity index (χ2n) is 4.49. The molecular weight excluding hydrogens is 254 g/mol. The van der Waals surface area contributed by atoms with Crippen molar-refractivity contribution in [3.8, 4) is 11.3 Å². The fraction of sp³-hybridized carbons (Fsp3) is 0.200. The van der Waals surface area contributed by atoms with Crippen molar-refractivity contribution in [2.45, 2.75) is 13.8 Å². The summed E-state index contributed by atoms with van der Waals surface area (Å²) in [5.74, 6) is 1.69. The zero-order chi connectivity index (χ0) is 13.4. The van der Waals surface area contributed by atoms with Gasteiger partial charge < -0.3 is 5.32 Å². The quantitative estimate of drug-likeness (QED) is 0.763. The van der Waals surface area contributed by atoms with Crippen LogP contribution in [0.4, 0.5) is 5.82 Å². The molecule has 3 rings (SSSR count).